The predicted octanol–water partition coefficient (Wildman–Crippen LogP) is 3.20. The van der Waals surface area contributed by atoms with E-state index in [4.69, 9.17) is 4.74 Å². The number of aromatic nitrogens is 2. The maximum absolute atomic E-state index is 11.2. The topological polar surface area (TPSA) is 76.1 Å². The van der Waals surface area contributed by atoms with Crippen molar-refractivity contribution in [2.45, 2.75) is 13.3 Å². The Kier molecular flexibility index (Phi) is 5.09. The number of rotatable bonds is 6. The quantitative estimate of drug-likeness (QED) is 0.723. The molecule has 0 aliphatic rings. The highest BCUT2D eigenvalue weighted by Gasteiger charge is 2.06. The van der Waals surface area contributed by atoms with Crippen LogP contribution in [-0.2, 0) is 4.79 Å². The zero-order valence-corrected chi connectivity index (χ0v) is 14.2. The van der Waals surface area contributed by atoms with Gasteiger partial charge in [-0.1, -0.05) is 12.1 Å². The Bertz CT molecular complexity index is 878. The summed E-state index contributed by atoms with van der Waals surface area (Å²) >= 11 is 0. The highest BCUT2D eigenvalue weighted by Crippen LogP contribution is 2.25. The van der Waals surface area contributed by atoms with Crippen LogP contribution in [0.4, 0.5) is 11.5 Å². The molecule has 0 spiro atoms. The number of carbonyl (C=O) groups is 1. The van der Waals surface area contributed by atoms with E-state index in [0.29, 0.717) is 13.0 Å². The van der Waals surface area contributed by atoms with Crippen molar-refractivity contribution < 1.29 is 9.53 Å². The van der Waals surface area contributed by atoms with Crippen molar-refractivity contribution in [3.05, 3.63) is 54.4 Å². The molecule has 2 N–H and O–H groups in total. The Morgan fingerprint density at radius 3 is 2.60 bits per heavy atom. The van der Waals surface area contributed by atoms with E-state index in [-0.39, 0.29) is 5.91 Å². The van der Waals surface area contributed by atoms with Crippen LogP contribution in [0.3, 0.4) is 0 Å². The number of nitrogens with zero attached hydrogens (tertiary/aromatic N) is 2. The van der Waals surface area contributed by atoms with Crippen LogP contribution >= 0.6 is 0 Å². The van der Waals surface area contributed by atoms with Gasteiger partial charge in [-0.3, -0.25) is 4.79 Å². The highest BCUT2D eigenvalue weighted by molar-refractivity contribution is 5.90. The molecule has 2 aromatic carbocycles. The SMILES string of the molecule is CNC(=O)CCOc1ccc(Nc2nc(C)nc3ccccc23)cc1. The lowest BCUT2D eigenvalue weighted by molar-refractivity contribution is -0.121. The Balaban J connectivity index is 1.71. The summed E-state index contributed by atoms with van der Waals surface area (Å²) in [4.78, 5) is 20.1. The summed E-state index contributed by atoms with van der Waals surface area (Å²) in [5, 5.41) is 6.86. The number of ether oxygens (including phenoxy) is 1. The molecule has 25 heavy (non-hydrogen) atoms. The summed E-state index contributed by atoms with van der Waals surface area (Å²) in [5.74, 6) is 2.18. The molecule has 0 saturated heterocycles. The predicted molar refractivity (Wildman–Crippen MR) is 98.2 cm³/mol. The molecule has 0 unspecified atom stereocenters. The average molecular weight is 336 g/mol. The molecule has 3 aromatic rings. The Hall–Kier alpha value is -3.15. The van der Waals surface area contributed by atoms with Gasteiger partial charge in [0.05, 0.1) is 18.5 Å². The molecule has 6 heteroatoms. The van der Waals surface area contributed by atoms with Gasteiger partial charge in [0.15, 0.2) is 0 Å². The molecule has 3 rings (SSSR count). The van der Waals surface area contributed by atoms with Gasteiger partial charge in [-0.05, 0) is 43.3 Å². The normalized spacial score (nSPS) is 10.5. The summed E-state index contributed by atoms with van der Waals surface area (Å²) in [5.41, 5.74) is 1.81. The van der Waals surface area contributed by atoms with Crippen molar-refractivity contribution in [1.82, 2.24) is 15.3 Å². The molecule has 1 aromatic heterocycles. The lowest BCUT2D eigenvalue weighted by atomic mass is 10.2. The van der Waals surface area contributed by atoms with Crippen molar-refractivity contribution in [2.75, 3.05) is 19.0 Å². The Morgan fingerprint density at radius 2 is 1.84 bits per heavy atom. The van der Waals surface area contributed by atoms with Gasteiger partial charge >= 0.3 is 0 Å². The Labute approximate surface area is 146 Å². The fraction of sp³-hybridized carbons (Fsp3) is 0.211. The van der Waals surface area contributed by atoms with Crippen molar-refractivity contribution in [2.24, 2.45) is 0 Å². The number of hydrogen-bond acceptors (Lipinski definition) is 5. The molecule has 0 radical (unpaired) electrons. The largest absolute Gasteiger partial charge is 0.493 e. The third-order valence-corrected chi connectivity index (χ3v) is 3.71. The molecule has 0 saturated carbocycles. The number of aryl methyl sites for hydroxylation is 1. The van der Waals surface area contributed by atoms with E-state index in [2.05, 4.69) is 20.6 Å². The second-order valence-electron chi connectivity index (χ2n) is 5.56. The first-order chi connectivity index (χ1) is 12.2. The summed E-state index contributed by atoms with van der Waals surface area (Å²) < 4.78 is 5.56. The summed E-state index contributed by atoms with van der Waals surface area (Å²) in [6.07, 6.45) is 0.336. The van der Waals surface area contributed by atoms with Crippen LogP contribution in [0.5, 0.6) is 5.75 Å². The Morgan fingerprint density at radius 1 is 1.08 bits per heavy atom. The average Bonchev–Trinajstić information content (AvgIpc) is 2.63. The smallest absolute Gasteiger partial charge is 0.223 e. The van der Waals surface area contributed by atoms with Gasteiger partial charge in [-0.15, -0.1) is 0 Å². The number of fused-ring (bicyclic) bond motifs is 1. The molecule has 0 aliphatic heterocycles. The van der Waals surface area contributed by atoms with Crippen molar-refractivity contribution >= 4 is 28.3 Å². The van der Waals surface area contributed by atoms with Crippen molar-refractivity contribution in [3.8, 4) is 5.75 Å². The molecule has 0 aliphatic carbocycles. The second-order valence-corrected chi connectivity index (χ2v) is 5.56. The molecule has 128 valence electrons. The minimum absolute atomic E-state index is 0.0377. The first-order valence-electron chi connectivity index (χ1n) is 8.09. The molecule has 1 amide bonds. The monoisotopic (exact) mass is 336 g/mol. The van der Waals surface area contributed by atoms with Crippen molar-refractivity contribution in [1.29, 1.82) is 0 Å². The maximum Gasteiger partial charge on any atom is 0.223 e. The zero-order chi connectivity index (χ0) is 17.6. The van der Waals surface area contributed by atoms with Crippen LogP contribution in [0.15, 0.2) is 48.5 Å². The van der Waals surface area contributed by atoms with Gasteiger partial charge < -0.3 is 15.4 Å². The number of nitrogens with one attached hydrogen (secondary N) is 2. The third-order valence-electron chi connectivity index (χ3n) is 3.71. The summed E-state index contributed by atoms with van der Waals surface area (Å²) in [6, 6.07) is 15.5. The van der Waals surface area contributed by atoms with Crippen LogP contribution in [0.1, 0.15) is 12.2 Å². The van der Waals surface area contributed by atoms with E-state index in [1.807, 2.05) is 55.5 Å². The number of para-hydroxylation sites is 1. The number of hydrogen-bond donors (Lipinski definition) is 2. The van der Waals surface area contributed by atoms with Gasteiger partial charge in [0, 0.05) is 18.1 Å². The summed E-state index contributed by atoms with van der Waals surface area (Å²) in [6.45, 7) is 2.23. The van der Waals surface area contributed by atoms with Crippen LogP contribution in [0.25, 0.3) is 10.9 Å². The van der Waals surface area contributed by atoms with Gasteiger partial charge in [-0.2, -0.15) is 0 Å². The van der Waals surface area contributed by atoms with Gasteiger partial charge in [0.2, 0.25) is 5.91 Å². The summed E-state index contributed by atoms with van der Waals surface area (Å²) in [7, 11) is 1.61. The fourth-order valence-corrected chi connectivity index (χ4v) is 2.45. The first-order valence-corrected chi connectivity index (χ1v) is 8.09. The van der Waals surface area contributed by atoms with Crippen LogP contribution in [0.2, 0.25) is 0 Å². The van der Waals surface area contributed by atoms with E-state index in [9.17, 15) is 4.79 Å². The lowest BCUT2D eigenvalue weighted by Gasteiger charge is -2.11. The van der Waals surface area contributed by atoms with Crippen molar-refractivity contribution in [3.63, 3.8) is 0 Å². The molecule has 0 fully saturated rings. The molecular formula is C19H20N4O2. The van der Waals surface area contributed by atoms with E-state index in [1.165, 1.54) is 0 Å². The van der Waals surface area contributed by atoms with Crippen LogP contribution in [0, 0.1) is 6.92 Å². The van der Waals surface area contributed by atoms with E-state index >= 15 is 0 Å². The molecule has 1 heterocycles. The van der Waals surface area contributed by atoms with Crippen LogP contribution in [-0.4, -0.2) is 29.5 Å². The molecule has 0 atom stereocenters. The fourth-order valence-electron chi connectivity index (χ4n) is 2.45. The first kappa shape index (κ1) is 16.7. The van der Waals surface area contributed by atoms with E-state index in [0.717, 1.165) is 34.0 Å². The molecule has 0 bridgehead atoms. The number of carbonyl (C=O) groups excluding carboxylic acids is 1. The third kappa shape index (κ3) is 4.23. The maximum atomic E-state index is 11.2. The lowest BCUT2D eigenvalue weighted by Crippen LogP contribution is -2.20. The minimum atomic E-state index is -0.0377. The second kappa shape index (κ2) is 7.61. The van der Waals surface area contributed by atoms with E-state index < -0.39 is 0 Å². The van der Waals surface area contributed by atoms with E-state index in [1.54, 1.807) is 7.05 Å². The number of anilines is 2. The highest BCUT2D eigenvalue weighted by atomic mass is 16.5. The minimum Gasteiger partial charge on any atom is -0.493 e. The van der Waals surface area contributed by atoms with Crippen LogP contribution < -0.4 is 15.4 Å². The van der Waals surface area contributed by atoms with Gasteiger partial charge in [0.25, 0.3) is 0 Å². The number of amides is 1. The standard InChI is InChI=1S/C19H20N4O2/c1-13-21-17-6-4-3-5-16(17)19(22-13)23-14-7-9-15(10-8-14)25-12-11-18(24)20-2/h3-10H,11-12H2,1-2H3,(H,20,24)(H,21,22,23). The number of benzene rings is 2. The molecule has 6 nitrogen and oxygen atoms in total. The molecular weight excluding hydrogens is 316 g/mol. The zero-order valence-electron chi connectivity index (χ0n) is 14.2. The van der Waals surface area contributed by atoms with Gasteiger partial charge in [-0.25, -0.2) is 9.97 Å². The van der Waals surface area contributed by atoms with Gasteiger partial charge in [0.1, 0.15) is 17.4 Å².